The van der Waals surface area contributed by atoms with E-state index in [9.17, 15) is 4.79 Å². The van der Waals surface area contributed by atoms with E-state index in [1.807, 2.05) is 13.8 Å². The zero-order valence-electron chi connectivity index (χ0n) is 9.64. The molecular formula is C11H23BrO2. The van der Waals surface area contributed by atoms with Crippen molar-refractivity contribution in [1.82, 2.24) is 0 Å². The Morgan fingerprint density at radius 2 is 1.57 bits per heavy atom. The van der Waals surface area contributed by atoms with Crippen molar-refractivity contribution in [3.05, 3.63) is 0 Å². The lowest BCUT2D eigenvalue weighted by atomic mass is 10.1. The number of halogens is 1. The first-order valence-corrected chi connectivity index (χ1v) is 6.56. The molecule has 0 fully saturated rings. The summed E-state index contributed by atoms with van der Waals surface area (Å²) in [4.78, 5) is 10.7. The second-order valence-electron chi connectivity index (χ2n) is 2.78. The van der Waals surface area contributed by atoms with E-state index in [4.69, 9.17) is 0 Å². The number of hydrogen-bond donors (Lipinski definition) is 0. The predicted octanol–water partition coefficient (Wildman–Crippen LogP) is 3.92. The van der Waals surface area contributed by atoms with Crippen molar-refractivity contribution >= 4 is 21.9 Å². The molecule has 0 saturated carbocycles. The van der Waals surface area contributed by atoms with Crippen molar-refractivity contribution < 1.29 is 9.53 Å². The van der Waals surface area contributed by atoms with E-state index in [0.29, 0.717) is 6.42 Å². The van der Waals surface area contributed by atoms with Crippen molar-refractivity contribution in [3.8, 4) is 0 Å². The molecule has 0 bridgehead atoms. The van der Waals surface area contributed by atoms with Gasteiger partial charge in [-0.3, -0.25) is 4.79 Å². The smallest absolute Gasteiger partial charge is 0.305 e. The van der Waals surface area contributed by atoms with E-state index >= 15 is 0 Å². The van der Waals surface area contributed by atoms with Gasteiger partial charge < -0.3 is 4.74 Å². The summed E-state index contributed by atoms with van der Waals surface area (Å²) in [5, 5.41) is 1.09. The van der Waals surface area contributed by atoms with Crippen molar-refractivity contribution in [1.29, 1.82) is 0 Å². The Balaban J connectivity index is 0. The van der Waals surface area contributed by atoms with Gasteiger partial charge in [-0.2, -0.15) is 0 Å². The maximum Gasteiger partial charge on any atom is 0.305 e. The summed E-state index contributed by atoms with van der Waals surface area (Å²) in [5.74, 6) is -0.0875. The molecule has 0 aliphatic heterocycles. The minimum Gasteiger partial charge on any atom is -0.469 e. The minimum atomic E-state index is -0.0875. The number of carbonyl (C=O) groups excluding carboxylic acids is 1. The maximum absolute atomic E-state index is 10.7. The summed E-state index contributed by atoms with van der Waals surface area (Å²) in [7, 11) is 1.44. The summed E-state index contributed by atoms with van der Waals surface area (Å²) in [6.07, 6.45) is 6.40. The molecule has 0 aliphatic rings. The van der Waals surface area contributed by atoms with Gasteiger partial charge in [-0.05, 0) is 12.8 Å². The molecular weight excluding hydrogens is 244 g/mol. The normalized spacial score (nSPS) is 8.86. The van der Waals surface area contributed by atoms with Gasteiger partial charge in [0.15, 0.2) is 0 Å². The van der Waals surface area contributed by atoms with Crippen LogP contribution in [0.3, 0.4) is 0 Å². The molecule has 0 saturated heterocycles. The van der Waals surface area contributed by atoms with Crippen LogP contribution in [0.1, 0.15) is 52.4 Å². The number of ether oxygens (including phenoxy) is 1. The Labute approximate surface area is 96.5 Å². The van der Waals surface area contributed by atoms with Gasteiger partial charge in [0.05, 0.1) is 7.11 Å². The molecule has 0 aromatic rings. The van der Waals surface area contributed by atoms with Crippen LogP contribution in [0, 0.1) is 0 Å². The van der Waals surface area contributed by atoms with E-state index in [1.165, 1.54) is 26.4 Å². The van der Waals surface area contributed by atoms with Gasteiger partial charge in [0.2, 0.25) is 0 Å². The van der Waals surface area contributed by atoms with Gasteiger partial charge in [0, 0.05) is 11.8 Å². The SMILES string of the molecule is CC.COC(=O)CCCCCCCBr. The highest BCUT2D eigenvalue weighted by molar-refractivity contribution is 9.09. The zero-order valence-corrected chi connectivity index (χ0v) is 11.2. The van der Waals surface area contributed by atoms with Crippen LogP contribution in [-0.2, 0) is 9.53 Å². The lowest BCUT2D eigenvalue weighted by Gasteiger charge is -1.99. The Morgan fingerprint density at radius 1 is 1.07 bits per heavy atom. The maximum atomic E-state index is 10.7. The highest BCUT2D eigenvalue weighted by Crippen LogP contribution is 2.06. The summed E-state index contributed by atoms with van der Waals surface area (Å²) in [6, 6.07) is 0. The number of alkyl halides is 1. The fourth-order valence-corrected chi connectivity index (χ4v) is 1.39. The van der Waals surface area contributed by atoms with Crippen LogP contribution in [0.2, 0.25) is 0 Å². The third-order valence-corrected chi connectivity index (χ3v) is 2.30. The van der Waals surface area contributed by atoms with E-state index in [0.717, 1.165) is 18.2 Å². The summed E-state index contributed by atoms with van der Waals surface area (Å²) in [5.41, 5.74) is 0. The standard InChI is InChI=1S/C9H17BrO2.C2H6/c1-12-9(11)7-5-3-2-4-6-8-10;1-2/h2-8H2,1H3;1-2H3. The Kier molecular flexibility index (Phi) is 18.0. The van der Waals surface area contributed by atoms with E-state index in [1.54, 1.807) is 0 Å². The van der Waals surface area contributed by atoms with Gasteiger partial charge in [-0.15, -0.1) is 0 Å². The molecule has 0 aromatic carbocycles. The zero-order chi connectivity index (χ0) is 11.2. The number of unbranched alkanes of at least 4 members (excludes halogenated alkanes) is 4. The molecule has 0 aromatic heterocycles. The Bertz CT molecular complexity index is 116. The molecule has 0 aliphatic carbocycles. The molecule has 14 heavy (non-hydrogen) atoms. The lowest BCUT2D eigenvalue weighted by molar-refractivity contribution is -0.140. The van der Waals surface area contributed by atoms with Crippen LogP contribution < -0.4 is 0 Å². The monoisotopic (exact) mass is 266 g/mol. The molecule has 0 atom stereocenters. The van der Waals surface area contributed by atoms with Gasteiger partial charge in [0.25, 0.3) is 0 Å². The van der Waals surface area contributed by atoms with Crippen LogP contribution in [0.4, 0.5) is 0 Å². The third kappa shape index (κ3) is 14.5. The summed E-state index contributed by atoms with van der Waals surface area (Å²) >= 11 is 3.38. The largest absolute Gasteiger partial charge is 0.469 e. The van der Waals surface area contributed by atoms with Gasteiger partial charge in [-0.1, -0.05) is 49.0 Å². The van der Waals surface area contributed by atoms with Crippen LogP contribution in [0.15, 0.2) is 0 Å². The summed E-state index contributed by atoms with van der Waals surface area (Å²) in [6.45, 7) is 4.00. The average Bonchev–Trinajstić information content (AvgIpc) is 2.25. The number of esters is 1. The molecule has 3 heteroatoms. The first kappa shape index (κ1) is 16.4. The Morgan fingerprint density at radius 3 is 2.07 bits per heavy atom. The second kappa shape index (κ2) is 15.4. The molecule has 0 unspecified atom stereocenters. The van der Waals surface area contributed by atoms with Crippen molar-refractivity contribution in [2.24, 2.45) is 0 Å². The first-order chi connectivity index (χ1) is 6.81. The quantitative estimate of drug-likeness (QED) is 0.397. The molecule has 2 nitrogen and oxygen atoms in total. The topological polar surface area (TPSA) is 26.3 Å². The highest BCUT2D eigenvalue weighted by atomic mass is 79.9. The van der Waals surface area contributed by atoms with Gasteiger partial charge in [0.1, 0.15) is 0 Å². The van der Waals surface area contributed by atoms with Crippen LogP contribution in [0.5, 0.6) is 0 Å². The van der Waals surface area contributed by atoms with Crippen molar-refractivity contribution in [3.63, 3.8) is 0 Å². The minimum absolute atomic E-state index is 0.0875. The molecule has 0 rings (SSSR count). The third-order valence-electron chi connectivity index (χ3n) is 1.74. The van der Waals surface area contributed by atoms with E-state index < -0.39 is 0 Å². The molecule has 0 spiro atoms. The molecule has 86 valence electrons. The van der Waals surface area contributed by atoms with E-state index in [-0.39, 0.29) is 5.97 Å². The lowest BCUT2D eigenvalue weighted by Crippen LogP contribution is -1.99. The van der Waals surface area contributed by atoms with Gasteiger partial charge >= 0.3 is 5.97 Å². The number of hydrogen-bond acceptors (Lipinski definition) is 2. The van der Waals surface area contributed by atoms with Crippen LogP contribution in [-0.4, -0.2) is 18.4 Å². The number of rotatable bonds is 7. The second-order valence-corrected chi connectivity index (χ2v) is 3.58. The first-order valence-electron chi connectivity index (χ1n) is 5.44. The molecule has 0 N–H and O–H groups in total. The van der Waals surface area contributed by atoms with E-state index in [2.05, 4.69) is 20.7 Å². The molecule has 0 amide bonds. The number of methoxy groups -OCH3 is 1. The van der Waals surface area contributed by atoms with Crippen molar-refractivity contribution in [2.75, 3.05) is 12.4 Å². The predicted molar refractivity (Wildman–Crippen MR) is 64.9 cm³/mol. The highest BCUT2D eigenvalue weighted by Gasteiger charge is 1.98. The van der Waals surface area contributed by atoms with Crippen LogP contribution >= 0.6 is 15.9 Å². The Hall–Kier alpha value is -0.0500. The number of carbonyl (C=O) groups is 1. The average molecular weight is 267 g/mol. The summed E-state index contributed by atoms with van der Waals surface area (Å²) < 4.78 is 4.53. The fraction of sp³-hybridized carbons (Fsp3) is 0.909. The van der Waals surface area contributed by atoms with Crippen LogP contribution in [0.25, 0.3) is 0 Å². The fourth-order valence-electron chi connectivity index (χ4n) is 0.996. The van der Waals surface area contributed by atoms with Gasteiger partial charge in [-0.25, -0.2) is 0 Å². The molecule has 0 heterocycles. The van der Waals surface area contributed by atoms with Crippen molar-refractivity contribution in [2.45, 2.75) is 52.4 Å². The molecule has 0 radical (unpaired) electrons.